The average molecular weight is 357 g/mol. The van der Waals surface area contributed by atoms with Crippen molar-refractivity contribution in [1.82, 2.24) is 9.78 Å². The molecule has 1 aromatic heterocycles. The highest BCUT2D eigenvalue weighted by molar-refractivity contribution is 9.10. The minimum atomic E-state index is -0.0260. The zero-order valence-electron chi connectivity index (χ0n) is 12.7. The predicted octanol–water partition coefficient (Wildman–Crippen LogP) is 2.37. The zero-order chi connectivity index (χ0) is 15.2. The van der Waals surface area contributed by atoms with Gasteiger partial charge in [-0.25, -0.2) is 4.68 Å². The highest BCUT2D eigenvalue weighted by Crippen LogP contribution is 2.28. The minimum Gasteiger partial charge on any atom is -0.369 e. The van der Waals surface area contributed by atoms with Gasteiger partial charge in [-0.05, 0) is 54.1 Å². The molecule has 0 radical (unpaired) electrons. The molecule has 1 aliphatic rings. The first-order valence-corrected chi connectivity index (χ1v) is 8.67. The van der Waals surface area contributed by atoms with Gasteiger partial charge >= 0.3 is 0 Å². The lowest BCUT2D eigenvalue weighted by Gasteiger charge is -2.34. The minimum absolute atomic E-state index is 0.0260. The number of hydrogen-bond donors (Lipinski definition) is 1. The molecule has 0 bridgehead atoms. The van der Waals surface area contributed by atoms with Gasteiger partial charge in [0.25, 0.3) is 5.56 Å². The van der Waals surface area contributed by atoms with Crippen LogP contribution in [-0.4, -0.2) is 29.4 Å². The van der Waals surface area contributed by atoms with E-state index in [0.29, 0.717) is 16.9 Å². The molecule has 0 amide bonds. The Labute approximate surface area is 134 Å². The number of aryl methyl sites for hydroxylation is 1. The maximum Gasteiger partial charge on any atom is 0.283 e. The molecular weight excluding hydrogens is 332 g/mol. The molecule has 5 nitrogen and oxygen atoms in total. The van der Waals surface area contributed by atoms with E-state index in [-0.39, 0.29) is 5.56 Å². The van der Waals surface area contributed by atoms with Crippen LogP contribution >= 0.6 is 15.9 Å². The van der Waals surface area contributed by atoms with Crippen LogP contribution in [0.2, 0.25) is 0 Å². The maximum atomic E-state index is 12.4. The topological polar surface area (TPSA) is 64.2 Å². The molecule has 1 saturated heterocycles. The first-order valence-electron chi connectivity index (χ1n) is 7.88. The van der Waals surface area contributed by atoms with Gasteiger partial charge in [0, 0.05) is 19.6 Å². The van der Waals surface area contributed by atoms with Crippen molar-refractivity contribution in [2.45, 2.75) is 45.6 Å². The third-order valence-corrected chi connectivity index (χ3v) is 4.87. The van der Waals surface area contributed by atoms with Gasteiger partial charge in [0.1, 0.15) is 4.47 Å². The molecule has 2 heterocycles. The third kappa shape index (κ3) is 4.07. The van der Waals surface area contributed by atoms with Crippen molar-refractivity contribution in [2.75, 3.05) is 24.5 Å². The van der Waals surface area contributed by atoms with Gasteiger partial charge in [-0.15, -0.1) is 0 Å². The van der Waals surface area contributed by atoms with Crippen LogP contribution in [0.4, 0.5) is 5.69 Å². The lowest BCUT2D eigenvalue weighted by atomic mass is 9.94. The summed E-state index contributed by atoms with van der Waals surface area (Å²) in [7, 11) is 0. The molecule has 0 spiro atoms. The van der Waals surface area contributed by atoms with Gasteiger partial charge < -0.3 is 10.6 Å². The molecule has 1 atom stereocenters. The van der Waals surface area contributed by atoms with Crippen molar-refractivity contribution in [2.24, 2.45) is 11.7 Å². The van der Waals surface area contributed by atoms with E-state index in [9.17, 15) is 4.79 Å². The number of nitrogens with two attached hydrogens (primary N) is 1. The lowest BCUT2D eigenvalue weighted by molar-refractivity contribution is 0.395. The van der Waals surface area contributed by atoms with Gasteiger partial charge in [0.2, 0.25) is 0 Å². The van der Waals surface area contributed by atoms with Gasteiger partial charge in [-0.1, -0.05) is 13.3 Å². The second-order valence-electron chi connectivity index (χ2n) is 5.76. The van der Waals surface area contributed by atoms with Crippen LogP contribution in [0, 0.1) is 5.92 Å². The van der Waals surface area contributed by atoms with E-state index in [4.69, 9.17) is 5.73 Å². The molecule has 6 heteroatoms. The van der Waals surface area contributed by atoms with Crippen LogP contribution < -0.4 is 16.2 Å². The second-order valence-corrected chi connectivity index (χ2v) is 6.55. The molecule has 2 N–H and O–H groups in total. The van der Waals surface area contributed by atoms with Crippen molar-refractivity contribution >= 4 is 21.6 Å². The first-order chi connectivity index (χ1) is 10.2. The number of rotatable bonds is 6. The maximum absolute atomic E-state index is 12.4. The summed E-state index contributed by atoms with van der Waals surface area (Å²) in [5.74, 6) is 0.623. The molecule has 1 unspecified atom stereocenters. The van der Waals surface area contributed by atoms with Crippen LogP contribution in [0.15, 0.2) is 15.5 Å². The Kier molecular flexibility index (Phi) is 6.23. The molecule has 1 fully saturated rings. The molecule has 0 aliphatic carbocycles. The molecule has 21 heavy (non-hydrogen) atoms. The summed E-state index contributed by atoms with van der Waals surface area (Å²) in [6.07, 6.45) is 7.28. The van der Waals surface area contributed by atoms with Crippen molar-refractivity contribution < 1.29 is 0 Å². The van der Waals surface area contributed by atoms with Crippen molar-refractivity contribution in [3.8, 4) is 0 Å². The molecule has 1 aromatic rings. The van der Waals surface area contributed by atoms with Crippen molar-refractivity contribution in [3.05, 3.63) is 21.0 Å². The van der Waals surface area contributed by atoms with Gasteiger partial charge in [-0.2, -0.15) is 5.10 Å². The Bertz CT molecular complexity index is 515. The molecule has 1 aliphatic heterocycles. The van der Waals surface area contributed by atoms with Crippen molar-refractivity contribution in [3.63, 3.8) is 0 Å². The molecule has 118 valence electrons. The Morgan fingerprint density at radius 3 is 3.05 bits per heavy atom. The van der Waals surface area contributed by atoms with Gasteiger partial charge in [0.05, 0.1) is 11.9 Å². The number of unbranched alkanes of at least 4 members (excludes halogenated alkanes) is 1. The number of halogens is 1. The number of aromatic nitrogens is 2. The van der Waals surface area contributed by atoms with Gasteiger partial charge in [-0.3, -0.25) is 4.79 Å². The summed E-state index contributed by atoms with van der Waals surface area (Å²) in [5, 5.41) is 4.33. The summed E-state index contributed by atoms with van der Waals surface area (Å²) < 4.78 is 2.19. The lowest BCUT2D eigenvalue weighted by Crippen LogP contribution is -2.38. The average Bonchev–Trinajstić information content (AvgIpc) is 2.49. The Balaban J connectivity index is 2.16. The highest BCUT2D eigenvalue weighted by atomic mass is 79.9. The summed E-state index contributed by atoms with van der Waals surface area (Å²) >= 11 is 3.48. The van der Waals surface area contributed by atoms with E-state index in [2.05, 4.69) is 32.9 Å². The zero-order valence-corrected chi connectivity index (χ0v) is 14.3. The number of hydrogen-bond acceptors (Lipinski definition) is 4. The molecule has 2 rings (SSSR count). The fourth-order valence-electron chi connectivity index (χ4n) is 2.90. The monoisotopic (exact) mass is 356 g/mol. The smallest absolute Gasteiger partial charge is 0.283 e. The second kappa shape index (κ2) is 7.94. The van der Waals surface area contributed by atoms with Crippen LogP contribution in [-0.2, 0) is 6.54 Å². The quantitative estimate of drug-likeness (QED) is 0.849. The van der Waals surface area contributed by atoms with Crippen LogP contribution in [0.5, 0.6) is 0 Å². The van der Waals surface area contributed by atoms with Gasteiger partial charge in [0.15, 0.2) is 0 Å². The summed E-state index contributed by atoms with van der Waals surface area (Å²) in [5.41, 5.74) is 6.57. The van der Waals surface area contributed by atoms with E-state index < -0.39 is 0 Å². The number of piperidine rings is 1. The Morgan fingerprint density at radius 2 is 2.33 bits per heavy atom. The van der Waals surface area contributed by atoms with Crippen LogP contribution in [0.25, 0.3) is 0 Å². The largest absolute Gasteiger partial charge is 0.369 e. The molecule has 0 aromatic carbocycles. The third-order valence-electron chi connectivity index (χ3n) is 4.12. The summed E-state index contributed by atoms with van der Waals surface area (Å²) in [4.78, 5) is 14.6. The van der Waals surface area contributed by atoms with Crippen molar-refractivity contribution in [1.29, 1.82) is 0 Å². The SMILES string of the molecule is CCCCn1ncc(N2CCCC(CCN)C2)c(Br)c1=O. The van der Waals surface area contributed by atoms with E-state index in [1.807, 2.05) is 6.20 Å². The fourth-order valence-corrected chi connectivity index (χ4v) is 3.46. The molecular formula is C15H25BrN4O. The fraction of sp³-hybridized carbons (Fsp3) is 0.733. The van der Waals surface area contributed by atoms with Crippen LogP contribution in [0.1, 0.15) is 39.0 Å². The Hall–Kier alpha value is -0.880. The van der Waals surface area contributed by atoms with E-state index in [1.165, 1.54) is 6.42 Å². The number of anilines is 1. The summed E-state index contributed by atoms with van der Waals surface area (Å²) in [6, 6.07) is 0. The number of nitrogens with zero attached hydrogens (tertiary/aromatic N) is 3. The molecule has 0 saturated carbocycles. The van der Waals surface area contributed by atoms with E-state index in [1.54, 1.807) is 4.68 Å². The predicted molar refractivity (Wildman–Crippen MR) is 89.7 cm³/mol. The van der Waals surface area contributed by atoms with E-state index >= 15 is 0 Å². The van der Waals surface area contributed by atoms with E-state index in [0.717, 1.165) is 51.0 Å². The normalized spacial score (nSPS) is 19.0. The first kappa shape index (κ1) is 16.5. The highest BCUT2D eigenvalue weighted by Gasteiger charge is 2.22. The Morgan fingerprint density at radius 1 is 1.52 bits per heavy atom. The van der Waals surface area contributed by atoms with Crippen LogP contribution in [0.3, 0.4) is 0 Å². The standard InChI is InChI=1S/C15H25BrN4O/c1-2-3-9-20-15(21)14(16)13(10-18-20)19-8-4-5-12(11-19)6-7-17/h10,12H,2-9,11,17H2,1H3. The summed E-state index contributed by atoms with van der Waals surface area (Å²) in [6.45, 7) is 5.48.